The molecule has 1 heterocycles. The van der Waals surface area contributed by atoms with Crippen LogP contribution in [0, 0.1) is 0 Å². The third-order valence-corrected chi connectivity index (χ3v) is 4.53. The van der Waals surface area contributed by atoms with Gasteiger partial charge in [-0.3, -0.25) is 0 Å². The minimum atomic E-state index is -0.682. The van der Waals surface area contributed by atoms with Gasteiger partial charge < -0.3 is 9.47 Å². The summed E-state index contributed by atoms with van der Waals surface area (Å²) in [6.45, 7) is 3.66. The van der Waals surface area contributed by atoms with Crippen LogP contribution in [0.1, 0.15) is 34.7 Å². The van der Waals surface area contributed by atoms with Gasteiger partial charge >= 0.3 is 11.9 Å². The molecule has 6 nitrogen and oxygen atoms in total. The van der Waals surface area contributed by atoms with Crippen LogP contribution >= 0.6 is 23.2 Å². The summed E-state index contributed by atoms with van der Waals surface area (Å²) >= 11 is 12.0. The Morgan fingerprint density at radius 2 is 1.38 bits per heavy atom. The molecule has 0 bridgehead atoms. The van der Waals surface area contributed by atoms with E-state index < -0.39 is 11.9 Å². The number of nitrogens with zero attached hydrogens (tertiary/aromatic N) is 2. The molecule has 150 valence electrons. The molecule has 0 aliphatic carbocycles. The highest BCUT2D eigenvalue weighted by atomic mass is 35.5. The van der Waals surface area contributed by atoms with E-state index in [1.54, 1.807) is 62.4 Å². The van der Waals surface area contributed by atoms with E-state index >= 15 is 0 Å². The number of carbonyl (C=O) groups excluding carboxylic acids is 2. The Hall–Kier alpha value is -2.83. The predicted molar refractivity (Wildman–Crippen MR) is 111 cm³/mol. The predicted octanol–water partition coefficient (Wildman–Crippen LogP) is 5.20. The van der Waals surface area contributed by atoms with Crippen LogP contribution < -0.4 is 0 Å². The van der Waals surface area contributed by atoms with E-state index in [0.717, 1.165) is 0 Å². The Labute approximate surface area is 177 Å². The summed E-state index contributed by atoms with van der Waals surface area (Å²) in [5.74, 6) is -1.35. The summed E-state index contributed by atoms with van der Waals surface area (Å²) in [6.07, 6.45) is 0. The normalized spacial score (nSPS) is 10.6. The molecule has 0 unspecified atom stereocenters. The average Bonchev–Trinajstić information content (AvgIpc) is 3.10. The van der Waals surface area contributed by atoms with Crippen molar-refractivity contribution in [1.29, 1.82) is 0 Å². The minimum absolute atomic E-state index is 0.0161. The Balaban J connectivity index is 2.30. The molecule has 0 atom stereocenters. The summed E-state index contributed by atoms with van der Waals surface area (Å²) in [4.78, 5) is 25.6. The summed E-state index contributed by atoms with van der Waals surface area (Å²) in [7, 11) is 0. The lowest BCUT2D eigenvalue weighted by molar-refractivity contribution is 0.0473. The van der Waals surface area contributed by atoms with Crippen LogP contribution in [0.25, 0.3) is 16.9 Å². The Bertz CT molecular complexity index is 946. The number of carbonyl (C=O) groups is 2. The number of rotatable bonds is 6. The Kier molecular flexibility index (Phi) is 6.56. The zero-order valence-electron chi connectivity index (χ0n) is 15.8. The molecule has 3 rings (SSSR count). The van der Waals surface area contributed by atoms with Crippen molar-refractivity contribution in [3.8, 4) is 16.9 Å². The smallest absolute Gasteiger partial charge is 0.357 e. The second kappa shape index (κ2) is 9.11. The number of hydrogen-bond acceptors (Lipinski definition) is 5. The first kappa shape index (κ1) is 20.9. The van der Waals surface area contributed by atoms with Gasteiger partial charge in [-0.15, -0.1) is 0 Å². The van der Waals surface area contributed by atoms with Crippen molar-refractivity contribution < 1.29 is 19.1 Å². The summed E-state index contributed by atoms with van der Waals surface area (Å²) in [5.41, 5.74) is 1.46. The molecule has 0 N–H and O–H groups in total. The van der Waals surface area contributed by atoms with Gasteiger partial charge in [-0.2, -0.15) is 5.10 Å². The molecule has 0 aliphatic heterocycles. The fraction of sp³-hybridized carbons (Fsp3) is 0.190. The zero-order chi connectivity index (χ0) is 21.0. The van der Waals surface area contributed by atoms with Gasteiger partial charge in [0.25, 0.3) is 0 Å². The van der Waals surface area contributed by atoms with Crippen LogP contribution in [0.15, 0.2) is 48.5 Å². The summed E-state index contributed by atoms with van der Waals surface area (Å²) in [5, 5.41) is 5.61. The van der Waals surface area contributed by atoms with Crippen LogP contribution in [0.2, 0.25) is 10.0 Å². The molecule has 0 spiro atoms. The summed E-state index contributed by atoms with van der Waals surface area (Å²) in [6, 6.07) is 13.5. The summed E-state index contributed by atoms with van der Waals surface area (Å²) < 4.78 is 11.8. The maximum atomic E-state index is 12.8. The highest BCUT2D eigenvalue weighted by molar-refractivity contribution is 6.30. The number of halogens is 2. The number of esters is 2. The van der Waals surface area contributed by atoms with E-state index in [9.17, 15) is 9.59 Å². The van der Waals surface area contributed by atoms with Crippen LogP contribution in [0.3, 0.4) is 0 Å². The second-order valence-corrected chi connectivity index (χ2v) is 6.78. The fourth-order valence-corrected chi connectivity index (χ4v) is 3.03. The van der Waals surface area contributed by atoms with Crippen LogP contribution in [-0.2, 0) is 9.47 Å². The van der Waals surface area contributed by atoms with Gasteiger partial charge in [0.15, 0.2) is 5.69 Å². The molecule has 8 heteroatoms. The van der Waals surface area contributed by atoms with Crippen molar-refractivity contribution >= 4 is 35.1 Å². The fourth-order valence-electron chi connectivity index (χ4n) is 2.78. The highest BCUT2D eigenvalue weighted by Crippen LogP contribution is 2.30. The molecule has 1 aromatic heterocycles. The molecule has 29 heavy (non-hydrogen) atoms. The maximum Gasteiger partial charge on any atom is 0.357 e. The standard InChI is InChI=1S/C21H18Cl2N2O4/c1-3-28-20(26)17-18(13-5-7-14(22)8-6-13)24-25(19(17)21(27)29-4-2)16-11-9-15(23)10-12-16/h5-12H,3-4H2,1-2H3. The third kappa shape index (κ3) is 4.44. The van der Waals surface area contributed by atoms with Gasteiger partial charge in [-0.1, -0.05) is 35.3 Å². The molecule has 0 saturated carbocycles. The molecule has 0 radical (unpaired) electrons. The van der Waals surface area contributed by atoms with E-state index in [-0.39, 0.29) is 30.2 Å². The second-order valence-electron chi connectivity index (χ2n) is 5.91. The van der Waals surface area contributed by atoms with Gasteiger partial charge in [0, 0.05) is 15.6 Å². The highest BCUT2D eigenvalue weighted by Gasteiger charge is 2.31. The molecule has 0 fully saturated rings. The Morgan fingerprint density at radius 1 is 0.862 bits per heavy atom. The van der Waals surface area contributed by atoms with Gasteiger partial charge in [0.1, 0.15) is 11.3 Å². The number of benzene rings is 2. The van der Waals surface area contributed by atoms with E-state index in [1.807, 2.05) is 0 Å². The number of ether oxygens (including phenoxy) is 2. The third-order valence-electron chi connectivity index (χ3n) is 4.02. The van der Waals surface area contributed by atoms with Crippen LogP contribution in [0.4, 0.5) is 0 Å². The molecular weight excluding hydrogens is 415 g/mol. The van der Waals surface area contributed by atoms with Crippen molar-refractivity contribution in [3.05, 3.63) is 69.8 Å². The molecule has 0 aliphatic rings. The van der Waals surface area contributed by atoms with E-state index in [0.29, 0.717) is 21.3 Å². The molecule has 3 aromatic rings. The SMILES string of the molecule is CCOC(=O)c1c(-c2ccc(Cl)cc2)nn(-c2ccc(Cl)cc2)c1C(=O)OCC. The van der Waals surface area contributed by atoms with Gasteiger partial charge in [0.05, 0.1) is 18.9 Å². The van der Waals surface area contributed by atoms with Crippen molar-refractivity contribution in [2.24, 2.45) is 0 Å². The average molecular weight is 433 g/mol. The van der Waals surface area contributed by atoms with E-state index in [2.05, 4.69) is 5.10 Å². The van der Waals surface area contributed by atoms with Gasteiger partial charge in [0.2, 0.25) is 0 Å². The quantitative estimate of drug-likeness (QED) is 0.500. The number of hydrogen-bond donors (Lipinski definition) is 0. The first-order chi connectivity index (χ1) is 14.0. The lowest BCUT2D eigenvalue weighted by Crippen LogP contribution is -2.17. The molecular formula is C21H18Cl2N2O4. The van der Waals surface area contributed by atoms with Crippen molar-refractivity contribution in [2.75, 3.05) is 13.2 Å². The topological polar surface area (TPSA) is 70.4 Å². The van der Waals surface area contributed by atoms with Gasteiger partial charge in [-0.05, 0) is 50.2 Å². The first-order valence-electron chi connectivity index (χ1n) is 8.95. The number of aromatic nitrogens is 2. The lowest BCUT2D eigenvalue weighted by Gasteiger charge is -2.09. The monoisotopic (exact) mass is 432 g/mol. The zero-order valence-corrected chi connectivity index (χ0v) is 17.3. The largest absolute Gasteiger partial charge is 0.462 e. The van der Waals surface area contributed by atoms with Crippen LogP contribution in [-0.4, -0.2) is 34.9 Å². The van der Waals surface area contributed by atoms with Crippen molar-refractivity contribution in [3.63, 3.8) is 0 Å². The molecule has 0 amide bonds. The maximum absolute atomic E-state index is 12.8. The van der Waals surface area contributed by atoms with Crippen molar-refractivity contribution in [1.82, 2.24) is 9.78 Å². The van der Waals surface area contributed by atoms with Crippen LogP contribution in [0.5, 0.6) is 0 Å². The van der Waals surface area contributed by atoms with Gasteiger partial charge in [-0.25, -0.2) is 14.3 Å². The molecule has 0 saturated heterocycles. The van der Waals surface area contributed by atoms with E-state index in [4.69, 9.17) is 32.7 Å². The Morgan fingerprint density at radius 3 is 1.93 bits per heavy atom. The molecule has 2 aromatic carbocycles. The van der Waals surface area contributed by atoms with Crippen molar-refractivity contribution in [2.45, 2.75) is 13.8 Å². The first-order valence-corrected chi connectivity index (χ1v) is 9.71. The minimum Gasteiger partial charge on any atom is -0.462 e. The van der Waals surface area contributed by atoms with E-state index in [1.165, 1.54) is 4.68 Å². The lowest BCUT2D eigenvalue weighted by atomic mass is 10.1.